The molecular weight excluding hydrogens is 527 g/mol. The Labute approximate surface area is 220 Å². The van der Waals surface area contributed by atoms with E-state index < -0.39 is 15.9 Å². The van der Waals surface area contributed by atoms with E-state index in [1.807, 2.05) is 24.3 Å². The number of carbonyl (C=O) groups is 2. The van der Waals surface area contributed by atoms with Gasteiger partial charge < -0.3 is 15.7 Å². The monoisotopic (exact) mass is 554 g/mol. The Morgan fingerprint density at radius 3 is 2.39 bits per heavy atom. The second kappa shape index (κ2) is 13.2. The number of Topliss-reactive ketones (excluding diaryl/α,β-unsaturated/α-hetero) is 1. The molecule has 9 nitrogen and oxygen atoms in total. The van der Waals surface area contributed by atoms with Crippen LogP contribution in [0.5, 0.6) is 0 Å². The highest BCUT2D eigenvalue weighted by Gasteiger charge is 2.24. The summed E-state index contributed by atoms with van der Waals surface area (Å²) in [5.41, 5.74) is 1.71. The van der Waals surface area contributed by atoms with Crippen LogP contribution in [0.4, 0.5) is 4.79 Å². The average Bonchev–Trinajstić information content (AvgIpc) is 3.32. The maximum atomic E-state index is 12.5. The summed E-state index contributed by atoms with van der Waals surface area (Å²) in [5, 5.41) is 15.4. The highest BCUT2D eigenvalue weighted by Crippen LogP contribution is 2.29. The van der Waals surface area contributed by atoms with E-state index in [2.05, 4.69) is 15.6 Å². The number of amides is 1. The molecule has 0 bridgehead atoms. The Kier molecular flexibility index (Phi) is 10.3. The van der Waals surface area contributed by atoms with Crippen LogP contribution in [0.1, 0.15) is 30.4 Å². The van der Waals surface area contributed by atoms with Gasteiger partial charge in [-0.05, 0) is 37.1 Å². The van der Waals surface area contributed by atoms with E-state index in [0.29, 0.717) is 51.3 Å². The molecule has 12 heteroatoms. The van der Waals surface area contributed by atoms with Crippen LogP contribution in [0.2, 0.25) is 10.0 Å². The molecule has 36 heavy (non-hydrogen) atoms. The number of hydrogen-bond acceptors (Lipinski definition) is 7. The van der Waals surface area contributed by atoms with Crippen LogP contribution in [0.25, 0.3) is 0 Å². The van der Waals surface area contributed by atoms with Gasteiger partial charge in [-0.25, -0.2) is 13.2 Å². The summed E-state index contributed by atoms with van der Waals surface area (Å²) >= 11 is 12.0. The van der Waals surface area contributed by atoms with Crippen molar-refractivity contribution in [2.75, 3.05) is 32.1 Å². The lowest BCUT2D eigenvalue weighted by atomic mass is 10.1. The van der Waals surface area contributed by atoms with E-state index in [9.17, 15) is 23.1 Å². The van der Waals surface area contributed by atoms with Gasteiger partial charge in [-0.2, -0.15) is 0 Å². The first-order valence-corrected chi connectivity index (χ1v) is 13.8. The maximum absolute atomic E-state index is 12.5. The molecule has 0 unspecified atom stereocenters. The van der Waals surface area contributed by atoms with Crippen molar-refractivity contribution >= 4 is 50.8 Å². The minimum Gasteiger partial charge on any atom is -0.465 e. The van der Waals surface area contributed by atoms with Gasteiger partial charge in [0.15, 0.2) is 9.84 Å². The lowest BCUT2D eigenvalue weighted by Gasteiger charge is -2.14. The predicted molar refractivity (Wildman–Crippen MR) is 140 cm³/mol. The molecule has 0 saturated carbocycles. The molecule has 2 aromatic rings. The van der Waals surface area contributed by atoms with Crippen molar-refractivity contribution in [1.29, 1.82) is 0 Å². The molecule has 1 heterocycles. The van der Waals surface area contributed by atoms with Gasteiger partial charge >= 0.3 is 6.09 Å². The van der Waals surface area contributed by atoms with Crippen molar-refractivity contribution in [3.63, 3.8) is 0 Å². The second-order valence-electron chi connectivity index (χ2n) is 8.25. The Morgan fingerprint density at radius 1 is 1.03 bits per heavy atom. The number of hydrogen-bond donors (Lipinski definition) is 3. The van der Waals surface area contributed by atoms with Gasteiger partial charge in [-0.1, -0.05) is 53.5 Å². The van der Waals surface area contributed by atoms with Crippen molar-refractivity contribution in [2.24, 2.45) is 4.99 Å². The fraction of sp³-hybridized carbons (Fsp3) is 0.375. The maximum Gasteiger partial charge on any atom is 0.413 e. The summed E-state index contributed by atoms with van der Waals surface area (Å²) in [6.45, 7) is 2.00. The number of carboxylic acid groups (broad SMARTS) is 1. The molecule has 1 aliphatic heterocycles. The molecule has 1 aliphatic rings. The number of unbranched alkanes of at least 4 members (excludes halogenated alkanes) is 1. The zero-order valence-electron chi connectivity index (χ0n) is 19.5. The number of halogens is 2. The summed E-state index contributed by atoms with van der Waals surface area (Å²) in [4.78, 5) is 28.8. The zero-order chi connectivity index (χ0) is 26.1. The van der Waals surface area contributed by atoms with Crippen molar-refractivity contribution in [3.05, 3.63) is 63.6 Å². The largest absolute Gasteiger partial charge is 0.465 e. The van der Waals surface area contributed by atoms with Crippen LogP contribution in [0, 0.1) is 0 Å². The fourth-order valence-corrected chi connectivity index (χ4v) is 6.11. The predicted octanol–water partition coefficient (Wildman–Crippen LogP) is 3.58. The molecule has 194 valence electrons. The molecule has 0 spiro atoms. The molecule has 0 aliphatic carbocycles. The molecule has 2 aromatic carbocycles. The quantitative estimate of drug-likeness (QED) is 0.323. The van der Waals surface area contributed by atoms with Crippen molar-refractivity contribution in [3.8, 4) is 0 Å². The van der Waals surface area contributed by atoms with Crippen LogP contribution < -0.4 is 10.6 Å². The van der Waals surface area contributed by atoms with E-state index >= 15 is 0 Å². The number of amidine groups is 1. The van der Waals surface area contributed by atoms with E-state index in [1.165, 1.54) is 17.0 Å². The zero-order valence-corrected chi connectivity index (χ0v) is 21.9. The first-order chi connectivity index (χ1) is 17.2. The molecule has 3 N–H and O–H groups in total. The van der Waals surface area contributed by atoms with Gasteiger partial charge in [0.05, 0.1) is 29.7 Å². The summed E-state index contributed by atoms with van der Waals surface area (Å²) in [7, 11) is -3.66. The molecule has 3 rings (SSSR count). The van der Waals surface area contributed by atoms with Crippen LogP contribution in [-0.4, -0.2) is 68.2 Å². The minimum absolute atomic E-state index is 0.0690. The number of rotatable bonds is 13. The van der Waals surface area contributed by atoms with Gasteiger partial charge in [0.2, 0.25) is 0 Å². The number of benzene rings is 2. The number of carbonyl (C=O) groups excluding carboxylic acids is 1. The number of aliphatic imine (C=N–C) groups is 1. The van der Waals surface area contributed by atoms with Gasteiger partial charge in [0.1, 0.15) is 22.4 Å². The second-order valence-corrected chi connectivity index (χ2v) is 11.0. The lowest BCUT2D eigenvalue weighted by Crippen LogP contribution is -2.33. The average molecular weight is 555 g/mol. The normalized spacial score (nSPS) is 13.6. The van der Waals surface area contributed by atoms with Gasteiger partial charge in [0.25, 0.3) is 0 Å². The SMILES string of the molecule is O=C(CCCCNCS(=O)(=O)c1c(Cl)cccc1Cl)CNCc1ccc(C2=NCCN2C(=O)O)cc1. The van der Waals surface area contributed by atoms with Crippen LogP contribution in [0.15, 0.2) is 52.4 Å². The van der Waals surface area contributed by atoms with Crippen LogP contribution >= 0.6 is 23.2 Å². The van der Waals surface area contributed by atoms with Crippen molar-refractivity contribution in [2.45, 2.75) is 30.7 Å². The number of sulfone groups is 1. The Balaban J connectivity index is 1.31. The third kappa shape index (κ3) is 7.75. The Bertz CT molecular complexity index is 1200. The lowest BCUT2D eigenvalue weighted by molar-refractivity contribution is -0.118. The van der Waals surface area contributed by atoms with Crippen LogP contribution in [-0.2, 0) is 21.2 Å². The molecular formula is C24H28Cl2N4O5S. The molecule has 0 aromatic heterocycles. The summed E-state index contributed by atoms with van der Waals surface area (Å²) in [6, 6.07) is 12.0. The molecule has 0 saturated heterocycles. The van der Waals surface area contributed by atoms with E-state index in [0.717, 1.165) is 11.1 Å². The third-order valence-corrected chi connectivity index (χ3v) is 8.02. The summed E-state index contributed by atoms with van der Waals surface area (Å²) in [5.74, 6) is 0.239. The highest BCUT2D eigenvalue weighted by molar-refractivity contribution is 7.91. The first-order valence-electron chi connectivity index (χ1n) is 11.4. The Morgan fingerprint density at radius 2 is 1.72 bits per heavy atom. The van der Waals surface area contributed by atoms with E-state index in [-0.39, 0.29) is 33.1 Å². The molecule has 0 atom stereocenters. The molecule has 1 amide bonds. The molecule has 0 fully saturated rings. The third-order valence-electron chi connectivity index (χ3n) is 5.52. The highest BCUT2D eigenvalue weighted by atomic mass is 35.5. The topological polar surface area (TPSA) is 128 Å². The van der Waals surface area contributed by atoms with E-state index in [4.69, 9.17) is 23.2 Å². The van der Waals surface area contributed by atoms with E-state index in [1.54, 1.807) is 6.07 Å². The Hall–Kier alpha value is -2.50. The number of nitrogens with zero attached hydrogens (tertiary/aromatic N) is 2. The summed E-state index contributed by atoms with van der Waals surface area (Å²) < 4.78 is 24.9. The summed E-state index contributed by atoms with van der Waals surface area (Å²) in [6.07, 6.45) is 0.660. The van der Waals surface area contributed by atoms with Crippen molar-refractivity contribution in [1.82, 2.24) is 15.5 Å². The fourth-order valence-electron chi connectivity index (χ4n) is 3.72. The van der Waals surface area contributed by atoms with Crippen LogP contribution in [0.3, 0.4) is 0 Å². The number of nitrogens with one attached hydrogen (secondary N) is 2. The smallest absolute Gasteiger partial charge is 0.413 e. The number of ketones is 1. The molecule has 0 radical (unpaired) electrons. The van der Waals surface area contributed by atoms with Gasteiger partial charge in [0, 0.05) is 18.5 Å². The minimum atomic E-state index is -3.66. The first kappa shape index (κ1) is 28.1. The van der Waals surface area contributed by atoms with Crippen molar-refractivity contribution < 1.29 is 23.1 Å². The van der Waals surface area contributed by atoms with Gasteiger partial charge in [-0.15, -0.1) is 0 Å². The van der Waals surface area contributed by atoms with Gasteiger partial charge in [-0.3, -0.25) is 14.7 Å². The standard InChI is InChI=1S/C24H28Cl2N4O5S/c25-20-5-3-6-21(26)22(20)36(34,35)16-27-11-2-1-4-19(31)15-28-14-17-7-9-18(10-8-17)23-29-12-13-30(23)24(32)33/h3,5-10,27-28H,1-2,4,11-16H2,(H,32,33).